The molecule has 0 aliphatic carbocycles. The highest BCUT2D eigenvalue weighted by atomic mass is 19.1. The highest BCUT2D eigenvalue weighted by molar-refractivity contribution is 5.76. The van der Waals surface area contributed by atoms with E-state index in [2.05, 4.69) is 10.6 Å². The maximum absolute atomic E-state index is 12.6. The zero-order chi connectivity index (χ0) is 13.4. The van der Waals surface area contributed by atoms with E-state index in [1.807, 2.05) is 0 Å². The monoisotopic (exact) mass is 252 g/mol. The van der Waals surface area contributed by atoms with E-state index < -0.39 is 0 Å². The molecule has 0 atom stereocenters. The second-order valence-electron chi connectivity index (χ2n) is 3.96. The van der Waals surface area contributed by atoms with Crippen LogP contribution in [-0.2, 0) is 16.0 Å². The summed E-state index contributed by atoms with van der Waals surface area (Å²) in [6.45, 7) is 2.27. The zero-order valence-electron chi connectivity index (χ0n) is 10.3. The first kappa shape index (κ1) is 14.2. The Kier molecular flexibility index (Phi) is 5.84. The minimum absolute atomic E-state index is 0.0790. The summed E-state index contributed by atoms with van der Waals surface area (Å²) in [5.74, 6) is -0.473. The lowest BCUT2D eigenvalue weighted by molar-refractivity contribution is -0.122. The normalized spacial score (nSPS) is 9.89. The van der Waals surface area contributed by atoms with Crippen LogP contribution in [0.3, 0.4) is 0 Å². The summed E-state index contributed by atoms with van der Waals surface area (Å²) in [5, 5.41) is 5.28. The van der Waals surface area contributed by atoms with Gasteiger partial charge in [0.25, 0.3) is 0 Å². The third-order valence-electron chi connectivity index (χ3n) is 2.38. The first-order valence-electron chi connectivity index (χ1n) is 5.83. The number of hydrogen-bond acceptors (Lipinski definition) is 2. The molecule has 1 rings (SSSR count). The lowest BCUT2D eigenvalue weighted by Gasteiger charge is -2.05. The number of benzene rings is 1. The molecule has 0 saturated heterocycles. The van der Waals surface area contributed by atoms with E-state index >= 15 is 0 Å². The molecular weight excluding hydrogens is 235 g/mol. The van der Waals surface area contributed by atoms with Crippen molar-refractivity contribution in [3.05, 3.63) is 35.6 Å². The summed E-state index contributed by atoms with van der Waals surface area (Å²) >= 11 is 0. The fourth-order valence-electron chi connectivity index (χ4n) is 1.44. The first-order valence-corrected chi connectivity index (χ1v) is 5.83. The molecule has 1 aromatic carbocycles. The van der Waals surface area contributed by atoms with E-state index in [0.717, 1.165) is 5.56 Å². The maximum atomic E-state index is 12.6. The molecule has 1 aromatic rings. The van der Waals surface area contributed by atoms with Gasteiger partial charge in [-0.15, -0.1) is 0 Å². The molecule has 0 spiro atoms. The Hall–Kier alpha value is -1.91. The Labute approximate surface area is 106 Å². The fourth-order valence-corrected chi connectivity index (χ4v) is 1.44. The van der Waals surface area contributed by atoms with Gasteiger partial charge in [-0.05, 0) is 24.1 Å². The fraction of sp³-hybridized carbons (Fsp3) is 0.385. The zero-order valence-corrected chi connectivity index (χ0v) is 10.3. The average molecular weight is 252 g/mol. The lowest BCUT2D eigenvalue weighted by Crippen LogP contribution is -2.33. The van der Waals surface area contributed by atoms with Gasteiger partial charge in [0.2, 0.25) is 11.8 Å². The predicted molar refractivity (Wildman–Crippen MR) is 66.4 cm³/mol. The topological polar surface area (TPSA) is 58.2 Å². The van der Waals surface area contributed by atoms with Crippen molar-refractivity contribution in [2.45, 2.75) is 19.8 Å². The molecule has 5 heteroatoms. The van der Waals surface area contributed by atoms with Crippen molar-refractivity contribution in [3.8, 4) is 0 Å². The largest absolute Gasteiger partial charge is 0.355 e. The molecule has 0 saturated carbocycles. The molecule has 4 nitrogen and oxygen atoms in total. The van der Waals surface area contributed by atoms with E-state index in [9.17, 15) is 14.0 Å². The van der Waals surface area contributed by atoms with Crippen LogP contribution in [0.25, 0.3) is 0 Å². The third kappa shape index (κ3) is 5.98. The Bertz CT molecular complexity index is 404. The Morgan fingerprint density at radius 2 is 1.72 bits per heavy atom. The minimum atomic E-state index is -0.279. The summed E-state index contributed by atoms with van der Waals surface area (Å²) in [4.78, 5) is 22.0. The molecule has 0 aliphatic heterocycles. The first-order chi connectivity index (χ1) is 8.58. The molecule has 0 heterocycles. The van der Waals surface area contributed by atoms with Crippen LogP contribution in [0.4, 0.5) is 4.39 Å². The van der Waals surface area contributed by atoms with E-state index in [1.165, 1.54) is 19.1 Å². The van der Waals surface area contributed by atoms with Crippen LogP contribution < -0.4 is 10.6 Å². The highest BCUT2D eigenvalue weighted by Crippen LogP contribution is 2.05. The van der Waals surface area contributed by atoms with Crippen LogP contribution in [0.15, 0.2) is 24.3 Å². The minimum Gasteiger partial charge on any atom is -0.355 e. The van der Waals surface area contributed by atoms with Crippen molar-refractivity contribution < 1.29 is 14.0 Å². The molecule has 2 N–H and O–H groups in total. The van der Waals surface area contributed by atoms with Gasteiger partial charge in [-0.1, -0.05) is 12.1 Å². The van der Waals surface area contributed by atoms with Crippen LogP contribution in [0, 0.1) is 5.82 Å². The van der Waals surface area contributed by atoms with Crippen LogP contribution in [0.1, 0.15) is 18.9 Å². The molecule has 18 heavy (non-hydrogen) atoms. The van der Waals surface area contributed by atoms with Crippen molar-refractivity contribution >= 4 is 11.8 Å². The van der Waals surface area contributed by atoms with Crippen molar-refractivity contribution in [1.29, 1.82) is 0 Å². The van der Waals surface area contributed by atoms with Gasteiger partial charge in [-0.2, -0.15) is 0 Å². The van der Waals surface area contributed by atoms with Gasteiger partial charge in [0, 0.05) is 26.4 Å². The summed E-state index contributed by atoms with van der Waals surface area (Å²) in [6, 6.07) is 6.09. The van der Waals surface area contributed by atoms with Crippen molar-refractivity contribution in [3.63, 3.8) is 0 Å². The van der Waals surface area contributed by atoms with Crippen LogP contribution in [0.2, 0.25) is 0 Å². The second kappa shape index (κ2) is 7.42. The Balaban J connectivity index is 2.17. The van der Waals surface area contributed by atoms with Gasteiger partial charge in [0.1, 0.15) is 5.82 Å². The SMILES string of the molecule is CC(=O)NCCNC(=O)CCc1ccc(F)cc1. The van der Waals surface area contributed by atoms with Crippen molar-refractivity contribution in [1.82, 2.24) is 10.6 Å². The molecule has 0 fully saturated rings. The molecule has 0 aromatic heterocycles. The Morgan fingerprint density at radius 3 is 2.33 bits per heavy atom. The highest BCUT2D eigenvalue weighted by Gasteiger charge is 2.02. The van der Waals surface area contributed by atoms with Gasteiger partial charge >= 0.3 is 0 Å². The van der Waals surface area contributed by atoms with E-state index in [1.54, 1.807) is 12.1 Å². The number of rotatable bonds is 6. The van der Waals surface area contributed by atoms with E-state index in [4.69, 9.17) is 0 Å². The van der Waals surface area contributed by atoms with E-state index in [-0.39, 0.29) is 17.6 Å². The summed E-state index contributed by atoms with van der Waals surface area (Å²) in [7, 11) is 0. The van der Waals surface area contributed by atoms with Gasteiger partial charge in [-0.25, -0.2) is 4.39 Å². The average Bonchev–Trinajstić information content (AvgIpc) is 2.34. The van der Waals surface area contributed by atoms with Crippen LogP contribution in [-0.4, -0.2) is 24.9 Å². The number of nitrogens with one attached hydrogen (secondary N) is 2. The summed E-state index contributed by atoms with van der Waals surface area (Å²) in [6.07, 6.45) is 0.929. The standard InChI is InChI=1S/C13H17FN2O2/c1-10(17)15-8-9-16-13(18)7-4-11-2-5-12(14)6-3-11/h2-3,5-6H,4,7-9H2,1H3,(H,15,17)(H,16,18). The smallest absolute Gasteiger partial charge is 0.220 e. The van der Waals surface area contributed by atoms with Crippen LogP contribution >= 0.6 is 0 Å². The number of aryl methyl sites for hydroxylation is 1. The molecule has 0 unspecified atom stereocenters. The molecule has 0 bridgehead atoms. The van der Waals surface area contributed by atoms with Gasteiger partial charge < -0.3 is 10.6 Å². The van der Waals surface area contributed by atoms with Gasteiger partial charge in [-0.3, -0.25) is 9.59 Å². The number of halogens is 1. The molecule has 98 valence electrons. The summed E-state index contributed by atoms with van der Waals surface area (Å²) in [5.41, 5.74) is 0.924. The van der Waals surface area contributed by atoms with Gasteiger partial charge in [0.05, 0.1) is 0 Å². The van der Waals surface area contributed by atoms with E-state index in [0.29, 0.717) is 25.9 Å². The molecule has 0 radical (unpaired) electrons. The number of hydrogen-bond donors (Lipinski definition) is 2. The molecule has 0 aliphatic rings. The quantitative estimate of drug-likeness (QED) is 0.742. The van der Waals surface area contributed by atoms with Crippen molar-refractivity contribution in [2.75, 3.05) is 13.1 Å². The lowest BCUT2D eigenvalue weighted by atomic mass is 10.1. The Morgan fingerprint density at radius 1 is 1.11 bits per heavy atom. The second-order valence-corrected chi connectivity index (χ2v) is 3.96. The summed E-state index contributed by atoms with van der Waals surface area (Å²) < 4.78 is 12.6. The van der Waals surface area contributed by atoms with Gasteiger partial charge in [0.15, 0.2) is 0 Å². The number of amides is 2. The van der Waals surface area contributed by atoms with Crippen molar-refractivity contribution in [2.24, 2.45) is 0 Å². The molecule has 2 amide bonds. The number of carbonyl (C=O) groups is 2. The predicted octanol–water partition coefficient (Wildman–Crippen LogP) is 1.01. The third-order valence-corrected chi connectivity index (χ3v) is 2.38. The number of carbonyl (C=O) groups excluding carboxylic acids is 2. The van der Waals surface area contributed by atoms with Crippen LogP contribution in [0.5, 0.6) is 0 Å². The maximum Gasteiger partial charge on any atom is 0.220 e. The molecular formula is C13H17FN2O2.